The maximum atomic E-state index is 12.7. The van der Waals surface area contributed by atoms with Crippen LogP contribution in [0.1, 0.15) is 43.4 Å². The molecule has 2 aromatic carbocycles. The normalized spacial score (nSPS) is 14.2. The Kier molecular flexibility index (Phi) is 8.75. The van der Waals surface area contributed by atoms with Gasteiger partial charge in [-0.2, -0.15) is 0 Å². The van der Waals surface area contributed by atoms with Crippen LogP contribution in [-0.2, 0) is 9.59 Å². The topological polar surface area (TPSA) is 77.1 Å². The molecule has 1 unspecified atom stereocenters. The van der Waals surface area contributed by atoms with E-state index in [2.05, 4.69) is 5.32 Å². The third-order valence-corrected chi connectivity index (χ3v) is 5.68. The minimum atomic E-state index is -0.252. The van der Waals surface area contributed by atoms with Gasteiger partial charge in [-0.15, -0.1) is 0 Å². The van der Waals surface area contributed by atoms with Crippen molar-refractivity contribution in [3.8, 4) is 17.2 Å². The van der Waals surface area contributed by atoms with Gasteiger partial charge in [0.2, 0.25) is 5.91 Å². The average Bonchev–Trinajstić information content (AvgIpc) is 3.40. The van der Waals surface area contributed by atoms with Gasteiger partial charge in [-0.05, 0) is 43.5 Å². The smallest absolute Gasteiger partial charge is 0.260 e. The van der Waals surface area contributed by atoms with Crippen LogP contribution in [0.3, 0.4) is 0 Å². The van der Waals surface area contributed by atoms with E-state index in [0.29, 0.717) is 23.7 Å². The lowest BCUT2D eigenvalue weighted by molar-refractivity contribution is -0.132. The summed E-state index contributed by atoms with van der Waals surface area (Å²) in [5.41, 5.74) is 1.61. The zero-order chi connectivity index (χ0) is 23.6. The van der Waals surface area contributed by atoms with Gasteiger partial charge in [-0.25, -0.2) is 0 Å². The molecule has 1 N–H and O–H groups in total. The van der Waals surface area contributed by atoms with E-state index >= 15 is 0 Å². The molecule has 7 nitrogen and oxygen atoms in total. The Morgan fingerprint density at radius 1 is 1.06 bits per heavy atom. The standard InChI is InChI=1S/C26H32N2O5/c1-4-22(27-25(29)14-12-19-11-13-20(31-2)17-24(19)32-3)21-9-5-6-10-23(21)33-18-26(30)28-15-7-8-16-28/h5-6,9-14,17,22H,4,7-8,15-16,18H2,1-3H3,(H,27,29)/b14-12+. The van der Waals surface area contributed by atoms with Gasteiger partial charge in [-0.3, -0.25) is 9.59 Å². The lowest BCUT2D eigenvalue weighted by Crippen LogP contribution is -2.32. The molecule has 0 aromatic heterocycles. The maximum absolute atomic E-state index is 12.7. The summed E-state index contributed by atoms with van der Waals surface area (Å²) in [4.78, 5) is 26.9. The first kappa shape index (κ1) is 24.2. The molecule has 0 radical (unpaired) electrons. The second-order valence-electron chi connectivity index (χ2n) is 7.83. The van der Waals surface area contributed by atoms with Crippen LogP contribution in [0.5, 0.6) is 17.2 Å². The number of amides is 2. The van der Waals surface area contributed by atoms with Crippen LogP contribution in [0.2, 0.25) is 0 Å². The summed E-state index contributed by atoms with van der Waals surface area (Å²) in [5, 5.41) is 3.03. The number of nitrogens with one attached hydrogen (secondary N) is 1. The Hall–Kier alpha value is -3.48. The number of carbonyl (C=O) groups excluding carboxylic acids is 2. The molecular weight excluding hydrogens is 420 g/mol. The number of hydrogen-bond donors (Lipinski definition) is 1. The molecule has 0 bridgehead atoms. The molecule has 1 aliphatic rings. The number of methoxy groups -OCH3 is 2. The fourth-order valence-electron chi connectivity index (χ4n) is 3.84. The number of rotatable bonds is 10. The number of hydrogen-bond acceptors (Lipinski definition) is 5. The van der Waals surface area contributed by atoms with Crippen molar-refractivity contribution >= 4 is 17.9 Å². The lowest BCUT2D eigenvalue weighted by Gasteiger charge is -2.21. The summed E-state index contributed by atoms with van der Waals surface area (Å²) in [6, 6.07) is 12.7. The van der Waals surface area contributed by atoms with E-state index in [4.69, 9.17) is 14.2 Å². The van der Waals surface area contributed by atoms with Gasteiger partial charge in [-0.1, -0.05) is 25.1 Å². The van der Waals surface area contributed by atoms with Gasteiger partial charge in [0.15, 0.2) is 6.61 Å². The molecule has 0 spiro atoms. The fourth-order valence-corrected chi connectivity index (χ4v) is 3.84. The van der Waals surface area contributed by atoms with Gasteiger partial charge in [0.1, 0.15) is 17.2 Å². The summed E-state index contributed by atoms with van der Waals surface area (Å²) in [7, 11) is 3.16. The van der Waals surface area contributed by atoms with Crippen molar-refractivity contribution in [2.24, 2.45) is 0 Å². The van der Waals surface area contributed by atoms with Crippen LogP contribution in [-0.4, -0.2) is 50.6 Å². The van der Waals surface area contributed by atoms with Gasteiger partial charge in [0.25, 0.3) is 5.91 Å². The third-order valence-electron chi connectivity index (χ3n) is 5.68. The van der Waals surface area contributed by atoms with Crippen molar-refractivity contribution in [3.05, 3.63) is 59.7 Å². The number of likely N-dealkylation sites (tertiary alicyclic amines) is 1. The Bertz CT molecular complexity index is 982. The van der Waals surface area contributed by atoms with E-state index in [1.54, 1.807) is 26.4 Å². The molecule has 1 atom stereocenters. The number of benzene rings is 2. The zero-order valence-electron chi connectivity index (χ0n) is 19.5. The molecule has 2 amide bonds. The molecule has 33 heavy (non-hydrogen) atoms. The number of carbonyl (C=O) groups is 2. The number of ether oxygens (including phenoxy) is 3. The lowest BCUT2D eigenvalue weighted by atomic mass is 10.0. The van der Waals surface area contributed by atoms with Gasteiger partial charge in [0.05, 0.1) is 20.3 Å². The highest BCUT2D eigenvalue weighted by Gasteiger charge is 2.20. The summed E-state index contributed by atoms with van der Waals surface area (Å²) >= 11 is 0. The van der Waals surface area contributed by atoms with E-state index < -0.39 is 0 Å². The van der Waals surface area contributed by atoms with Gasteiger partial charge in [0, 0.05) is 36.4 Å². The minimum Gasteiger partial charge on any atom is -0.497 e. The van der Waals surface area contributed by atoms with Crippen molar-refractivity contribution in [2.45, 2.75) is 32.2 Å². The van der Waals surface area contributed by atoms with Gasteiger partial charge < -0.3 is 24.4 Å². The quantitative estimate of drug-likeness (QED) is 0.552. The SMILES string of the molecule is CCC(NC(=O)/C=C/c1ccc(OC)cc1OC)c1ccccc1OCC(=O)N1CCCC1. The maximum Gasteiger partial charge on any atom is 0.260 e. The third kappa shape index (κ3) is 6.51. The molecule has 3 rings (SSSR count). The van der Waals surface area contributed by atoms with Crippen molar-refractivity contribution in [2.75, 3.05) is 33.9 Å². The highest BCUT2D eigenvalue weighted by molar-refractivity contribution is 5.92. The minimum absolute atomic E-state index is 0.00143. The summed E-state index contributed by atoms with van der Waals surface area (Å²) in [6.45, 7) is 3.58. The Labute approximate surface area is 195 Å². The van der Waals surface area contributed by atoms with E-state index in [9.17, 15) is 9.59 Å². The van der Waals surface area contributed by atoms with Crippen molar-refractivity contribution < 1.29 is 23.8 Å². The molecule has 0 aliphatic carbocycles. The molecular formula is C26H32N2O5. The number of nitrogens with zero attached hydrogens (tertiary/aromatic N) is 1. The van der Waals surface area contributed by atoms with Crippen LogP contribution >= 0.6 is 0 Å². The first-order chi connectivity index (χ1) is 16.0. The summed E-state index contributed by atoms with van der Waals surface area (Å²) in [6.07, 6.45) is 5.95. The van der Waals surface area contributed by atoms with Crippen LogP contribution < -0.4 is 19.5 Å². The summed E-state index contributed by atoms with van der Waals surface area (Å²) in [5.74, 6) is 1.67. The monoisotopic (exact) mass is 452 g/mol. The molecule has 2 aromatic rings. The molecule has 1 fully saturated rings. The predicted octanol–water partition coefficient (Wildman–Crippen LogP) is 3.99. The van der Waals surface area contributed by atoms with Crippen molar-refractivity contribution in [1.82, 2.24) is 10.2 Å². The Morgan fingerprint density at radius 3 is 2.52 bits per heavy atom. The molecule has 1 aliphatic heterocycles. The number of para-hydroxylation sites is 1. The van der Waals surface area contributed by atoms with E-state index in [1.807, 2.05) is 48.2 Å². The van der Waals surface area contributed by atoms with E-state index in [0.717, 1.165) is 37.1 Å². The average molecular weight is 453 g/mol. The summed E-state index contributed by atoms with van der Waals surface area (Å²) < 4.78 is 16.5. The molecule has 1 saturated heterocycles. The Balaban J connectivity index is 1.66. The van der Waals surface area contributed by atoms with E-state index in [-0.39, 0.29) is 24.5 Å². The molecule has 7 heteroatoms. The second-order valence-corrected chi connectivity index (χ2v) is 7.83. The van der Waals surface area contributed by atoms with Crippen LogP contribution in [0, 0.1) is 0 Å². The van der Waals surface area contributed by atoms with Crippen LogP contribution in [0.15, 0.2) is 48.5 Å². The Morgan fingerprint density at radius 2 is 1.82 bits per heavy atom. The predicted molar refractivity (Wildman–Crippen MR) is 128 cm³/mol. The largest absolute Gasteiger partial charge is 0.497 e. The highest BCUT2D eigenvalue weighted by atomic mass is 16.5. The van der Waals surface area contributed by atoms with Crippen LogP contribution in [0.4, 0.5) is 0 Å². The molecule has 0 saturated carbocycles. The second kappa shape index (κ2) is 11.9. The van der Waals surface area contributed by atoms with Crippen LogP contribution in [0.25, 0.3) is 6.08 Å². The first-order valence-electron chi connectivity index (χ1n) is 11.3. The van der Waals surface area contributed by atoms with Crippen molar-refractivity contribution in [1.29, 1.82) is 0 Å². The zero-order valence-corrected chi connectivity index (χ0v) is 19.5. The fraction of sp³-hybridized carbons (Fsp3) is 0.385. The van der Waals surface area contributed by atoms with E-state index in [1.165, 1.54) is 6.08 Å². The highest BCUT2D eigenvalue weighted by Crippen LogP contribution is 2.28. The molecule has 1 heterocycles. The van der Waals surface area contributed by atoms with Crippen molar-refractivity contribution in [3.63, 3.8) is 0 Å². The van der Waals surface area contributed by atoms with Gasteiger partial charge >= 0.3 is 0 Å². The molecule has 176 valence electrons. The first-order valence-corrected chi connectivity index (χ1v) is 11.3.